The highest BCUT2D eigenvalue weighted by molar-refractivity contribution is 5.92. The number of hydrogen-bond acceptors (Lipinski definition) is 5. The number of hydrogen-bond donors (Lipinski definition) is 1. The van der Waals surface area contributed by atoms with Crippen molar-refractivity contribution in [3.05, 3.63) is 114 Å². The third-order valence-corrected chi connectivity index (χ3v) is 6.11. The zero-order valence-electron chi connectivity index (χ0n) is 19.2. The largest absolute Gasteiger partial charge is 0.350 e. The number of fused-ring (bicyclic) bond motifs is 1. The van der Waals surface area contributed by atoms with Gasteiger partial charge in [0.25, 0.3) is 5.91 Å². The lowest BCUT2D eigenvalue weighted by atomic mass is 10.0. The Morgan fingerprint density at radius 3 is 2.37 bits per heavy atom. The van der Waals surface area contributed by atoms with Crippen molar-refractivity contribution in [2.45, 2.75) is 25.4 Å². The zero-order valence-corrected chi connectivity index (χ0v) is 19.2. The van der Waals surface area contributed by atoms with Gasteiger partial charge in [-0.05, 0) is 35.2 Å². The van der Waals surface area contributed by atoms with E-state index in [9.17, 15) is 9.59 Å². The Morgan fingerprint density at radius 1 is 0.914 bits per heavy atom. The fraction of sp³-hybridized carbons (Fsp3) is 0.222. The van der Waals surface area contributed by atoms with Crippen LogP contribution >= 0.6 is 0 Å². The number of carbonyl (C=O) groups excluding carboxylic acids is 2. The molecule has 0 radical (unpaired) electrons. The molecular formula is C27H26N6O2. The molecule has 0 spiro atoms. The van der Waals surface area contributed by atoms with Gasteiger partial charge in [-0.25, -0.2) is 4.98 Å². The van der Waals surface area contributed by atoms with E-state index in [4.69, 9.17) is 4.98 Å². The Balaban J connectivity index is 1.36. The van der Waals surface area contributed by atoms with Crippen LogP contribution in [-0.4, -0.2) is 49.3 Å². The number of nitrogens with one attached hydrogen (secondary N) is 1. The zero-order chi connectivity index (χ0) is 24.0. The second kappa shape index (κ2) is 10.3. The fourth-order valence-electron chi connectivity index (χ4n) is 4.39. The van der Waals surface area contributed by atoms with Crippen LogP contribution in [0.3, 0.4) is 0 Å². The van der Waals surface area contributed by atoms with Gasteiger partial charge in [-0.15, -0.1) is 0 Å². The van der Waals surface area contributed by atoms with Crippen molar-refractivity contribution in [3.8, 4) is 0 Å². The molecule has 4 heterocycles. The average molecular weight is 467 g/mol. The predicted octanol–water partition coefficient (Wildman–Crippen LogP) is 2.82. The van der Waals surface area contributed by atoms with Crippen molar-refractivity contribution in [2.75, 3.05) is 13.1 Å². The van der Waals surface area contributed by atoms with Gasteiger partial charge in [-0.2, -0.15) is 0 Å². The Hall–Kier alpha value is -4.33. The van der Waals surface area contributed by atoms with Crippen LogP contribution in [0.25, 0.3) is 0 Å². The van der Waals surface area contributed by atoms with E-state index < -0.39 is 0 Å². The Kier molecular flexibility index (Phi) is 6.61. The number of carbonyl (C=O) groups is 2. The van der Waals surface area contributed by atoms with Crippen molar-refractivity contribution >= 4 is 11.8 Å². The minimum absolute atomic E-state index is 0.00331. The van der Waals surface area contributed by atoms with E-state index in [0.29, 0.717) is 37.6 Å². The minimum Gasteiger partial charge on any atom is -0.350 e. The number of nitrogens with zero attached hydrogens (tertiary/aromatic N) is 5. The second-order valence-corrected chi connectivity index (χ2v) is 8.48. The number of rotatable bonds is 7. The van der Waals surface area contributed by atoms with Gasteiger partial charge in [0.05, 0.1) is 6.42 Å². The molecule has 4 aromatic rings. The lowest BCUT2D eigenvalue weighted by Gasteiger charge is -2.36. The highest BCUT2D eigenvalue weighted by Crippen LogP contribution is 2.32. The Morgan fingerprint density at radius 2 is 1.66 bits per heavy atom. The third-order valence-electron chi connectivity index (χ3n) is 6.11. The summed E-state index contributed by atoms with van der Waals surface area (Å²) in [6.07, 6.45) is 9.67. The SMILES string of the molecule is O=C(NCCc1cccnc1)c1cn2c(n1)C(c1ccccc1)N(C(=O)Cc1cccnc1)CC2. The monoisotopic (exact) mass is 466 g/mol. The van der Waals surface area contributed by atoms with Gasteiger partial charge >= 0.3 is 0 Å². The smallest absolute Gasteiger partial charge is 0.271 e. The first kappa shape index (κ1) is 22.5. The van der Waals surface area contributed by atoms with Gasteiger partial charge in [-0.1, -0.05) is 42.5 Å². The second-order valence-electron chi connectivity index (χ2n) is 8.48. The maximum atomic E-state index is 13.4. The molecule has 1 unspecified atom stereocenters. The topological polar surface area (TPSA) is 93.0 Å². The van der Waals surface area contributed by atoms with Crippen molar-refractivity contribution in [1.82, 2.24) is 29.7 Å². The van der Waals surface area contributed by atoms with Gasteiger partial charge < -0.3 is 14.8 Å². The summed E-state index contributed by atoms with van der Waals surface area (Å²) in [6, 6.07) is 17.1. The van der Waals surface area contributed by atoms with E-state index in [0.717, 1.165) is 16.7 Å². The van der Waals surface area contributed by atoms with E-state index in [2.05, 4.69) is 15.3 Å². The van der Waals surface area contributed by atoms with Crippen molar-refractivity contribution < 1.29 is 9.59 Å². The number of aromatic nitrogens is 4. The molecule has 176 valence electrons. The van der Waals surface area contributed by atoms with Crippen LogP contribution in [0.4, 0.5) is 0 Å². The van der Waals surface area contributed by atoms with E-state index in [-0.39, 0.29) is 24.3 Å². The molecule has 0 saturated carbocycles. The molecular weight excluding hydrogens is 440 g/mol. The maximum absolute atomic E-state index is 13.4. The molecule has 1 N–H and O–H groups in total. The molecule has 1 aliphatic rings. The molecule has 0 saturated heterocycles. The van der Waals surface area contributed by atoms with Gasteiger partial charge in [-0.3, -0.25) is 19.6 Å². The normalized spacial score (nSPS) is 14.9. The van der Waals surface area contributed by atoms with Gasteiger partial charge in [0, 0.05) is 50.6 Å². The van der Waals surface area contributed by atoms with Crippen LogP contribution in [0.15, 0.2) is 85.6 Å². The first-order chi connectivity index (χ1) is 17.2. The van der Waals surface area contributed by atoms with Crippen molar-refractivity contribution in [2.24, 2.45) is 0 Å². The van der Waals surface area contributed by atoms with Crippen molar-refractivity contribution in [3.63, 3.8) is 0 Å². The molecule has 8 heteroatoms. The van der Waals surface area contributed by atoms with Crippen LogP contribution in [0, 0.1) is 0 Å². The molecule has 0 bridgehead atoms. The maximum Gasteiger partial charge on any atom is 0.271 e. The minimum atomic E-state index is -0.369. The van der Waals surface area contributed by atoms with Gasteiger partial charge in [0.1, 0.15) is 17.6 Å². The molecule has 3 aromatic heterocycles. The summed E-state index contributed by atoms with van der Waals surface area (Å²) in [5, 5.41) is 2.95. The first-order valence-electron chi connectivity index (χ1n) is 11.7. The number of amides is 2. The van der Waals surface area contributed by atoms with Crippen LogP contribution in [0.1, 0.15) is 39.0 Å². The summed E-state index contributed by atoms with van der Waals surface area (Å²) in [7, 11) is 0. The van der Waals surface area contributed by atoms with Crippen LogP contribution in [-0.2, 0) is 24.2 Å². The van der Waals surface area contributed by atoms with Crippen LogP contribution in [0.2, 0.25) is 0 Å². The molecule has 0 fully saturated rings. The van der Waals surface area contributed by atoms with Gasteiger partial charge in [0.2, 0.25) is 5.91 Å². The summed E-state index contributed by atoms with van der Waals surface area (Å²) in [5.74, 6) is 0.471. The van der Waals surface area contributed by atoms with Crippen molar-refractivity contribution in [1.29, 1.82) is 0 Å². The van der Waals surface area contributed by atoms with Crippen LogP contribution in [0.5, 0.6) is 0 Å². The summed E-state index contributed by atoms with van der Waals surface area (Å²) in [6.45, 7) is 1.60. The lowest BCUT2D eigenvalue weighted by Crippen LogP contribution is -2.43. The third kappa shape index (κ3) is 5.11. The predicted molar refractivity (Wildman–Crippen MR) is 130 cm³/mol. The van der Waals surface area contributed by atoms with Gasteiger partial charge in [0.15, 0.2) is 0 Å². The Bertz CT molecular complexity index is 1290. The molecule has 1 aliphatic heterocycles. The first-order valence-corrected chi connectivity index (χ1v) is 11.7. The molecule has 8 nitrogen and oxygen atoms in total. The highest BCUT2D eigenvalue weighted by atomic mass is 16.2. The molecule has 0 aliphatic carbocycles. The van der Waals surface area contributed by atoms with E-state index in [1.54, 1.807) is 31.0 Å². The summed E-state index contributed by atoms with van der Waals surface area (Å²) >= 11 is 0. The molecule has 5 rings (SSSR count). The Labute approximate surface area is 203 Å². The molecule has 2 amide bonds. The lowest BCUT2D eigenvalue weighted by molar-refractivity contribution is -0.133. The average Bonchev–Trinajstić information content (AvgIpc) is 3.34. The summed E-state index contributed by atoms with van der Waals surface area (Å²) in [4.78, 5) is 41.0. The number of benzene rings is 1. The number of pyridine rings is 2. The quantitative estimate of drug-likeness (QED) is 0.452. The van der Waals surface area contributed by atoms with E-state index in [1.807, 2.05) is 64.1 Å². The van der Waals surface area contributed by atoms with E-state index in [1.165, 1.54) is 0 Å². The fourth-order valence-corrected chi connectivity index (χ4v) is 4.39. The highest BCUT2D eigenvalue weighted by Gasteiger charge is 2.34. The summed E-state index contributed by atoms with van der Waals surface area (Å²) in [5.41, 5.74) is 3.24. The number of imidazole rings is 1. The standard InChI is InChI=1S/C27H26N6O2/c34-24(16-21-7-5-12-29-18-21)33-15-14-32-19-23(27(35)30-13-10-20-6-4-11-28-17-20)31-26(32)25(33)22-8-2-1-3-9-22/h1-9,11-12,17-19,25H,10,13-16H2,(H,30,35). The molecule has 1 atom stereocenters. The summed E-state index contributed by atoms with van der Waals surface area (Å²) < 4.78 is 1.99. The molecule has 35 heavy (non-hydrogen) atoms. The van der Waals surface area contributed by atoms with Crippen LogP contribution < -0.4 is 5.32 Å². The van der Waals surface area contributed by atoms with E-state index >= 15 is 0 Å². The molecule has 1 aromatic carbocycles.